The fourth-order valence-electron chi connectivity index (χ4n) is 2.49. The monoisotopic (exact) mass is 375 g/mol. The van der Waals surface area contributed by atoms with Crippen LogP contribution >= 0.6 is 0 Å². The highest BCUT2D eigenvalue weighted by atomic mass is 16.2. The van der Waals surface area contributed by atoms with Gasteiger partial charge in [-0.1, -0.05) is 12.1 Å². The van der Waals surface area contributed by atoms with Gasteiger partial charge >= 0.3 is 0 Å². The van der Waals surface area contributed by atoms with E-state index in [0.717, 1.165) is 11.4 Å². The molecule has 0 aliphatic rings. The molecule has 7 heteroatoms. The first-order valence-electron chi connectivity index (χ1n) is 8.77. The summed E-state index contributed by atoms with van der Waals surface area (Å²) in [6.07, 6.45) is 1.66. The summed E-state index contributed by atoms with van der Waals surface area (Å²) >= 11 is 0. The third-order valence-electron chi connectivity index (χ3n) is 4.01. The first-order chi connectivity index (χ1) is 13.5. The number of nitrogens with zero attached hydrogens (tertiary/aromatic N) is 3. The Morgan fingerprint density at radius 3 is 2.25 bits per heavy atom. The van der Waals surface area contributed by atoms with E-state index >= 15 is 0 Å². The quantitative estimate of drug-likeness (QED) is 0.692. The lowest BCUT2D eigenvalue weighted by Gasteiger charge is -2.13. The zero-order valence-corrected chi connectivity index (χ0v) is 15.7. The minimum atomic E-state index is -0.378. The zero-order valence-electron chi connectivity index (χ0n) is 15.7. The lowest BCUT2D eigenvalue weighted by molar-refractivity contribution is 0.0945. The van der Waals surface area contributed by atoms with Crippen LogP contribution in [0.4, 0.5) is 11.4 Å². The van der Waals surface area contributed by atoms with Crippen molar-refractivity contribution in [3.05, 3.63) is 83.9 Å². The highest BCUT2D eigenvalue weighted by Gasteiger charge is 2.13. The van der Waals surface area contributed by atoms with Crippen molar-refractivity contribution in [1.29, 1.82) is 0 Å². The van der Waals surface area contributed by atoms with Gasteiger partial charge in [0.05, 0.1) is 12.2 Å². The standard InChI is InChI=1S/C21H21N5O2/c1-26(2)17-11-9-15(10-12-17)24-21(28)19-8-5-7-18(25-19)20(27)23-14-16-6-3-4-13-22-16/h3-13H,14H2,1-2H3,(H,23,27)(H,24,28). The van der Waals surface area contributed by atoms with Gasteiger partial charge in [-0.05, 0) is 48.5 Å². The van der Waals surface area contributed by atoms with Gasteiger partial charge in [-0.2, -0.15) is 0 Å². The van der Waals surface area contributed by atoms with Crippen LogP contribution in [0.1, 0.15) is 26.7 Å². The maximum Gasteiger partial charge on any atom is 0.274 e. The van der Waals surface area contributed by atoms with Crippen molar-refractivity contribution in [2.75, 3.05) is 24.3 Å². The Balaban J connectivity index is 1.64. The van der Waals surface area contributed by atoms with Gasteiger partial charge in [-0.15, -0.1) is 0 Å². The topological polar surface area (TPSA) is 87.2 Å². The van der Waals surface area contributed by atoms with Gasteiger partial charge in [0.15, 0.2) is 0 Å². The van der Waals surface area contributed by atoms with E-state index in [9.17, 15) is 9.59 Å². The molecule has 0 radical (unpaired) electrons. The van der Waals surface area contributed by atoms with Crippen LogP contribution in [0.3, 0.4) is 0 Å². The number of hydrogen-bond acceptors (Lipinski definition) is 5. The Morgan fingerprint density at radius 1 is 0.893 bits per heavy atom. The number of pyridine rings is 2. The molecule has 0 bridgehead atoms. The van der Waals surface area contributed by atoms with Crippen LogP contribution in [0.25, 0.3) is 0 Å². The number of carbonyl (C=O) groups excluding carboxylic acids is 2. The molecule has 0 spiro atoms. The molecule has 0 unspecified atom stereocenters. The first-order valence-corrected chi connectivity index (χ1v) is 8.77. The summed E-state index contributed by atoms with van der Waals surface area (Å²) in [4.78, 5) is 35.1. The van der Waals surface area contributed by atoms with Crippen molar-refractivity contribution in [3.63, 3.8) is 0 Å². The molecule has 0 saturated heterocycles. The summed E-state index contributed by atoms with van der Waals surface area (Å²) in [5.74, 6) is -0.743. The van der Waals surface area contributed by atoms with Crippen LogP contribution in [-0.2, 0) is 6.54 Å². The van der Waals surface area contributed by atoms with E-state index in [1.54, 1.807) is 24.4 Å². The molecule has 0 saturated carbocycles. The molecular weight excluding hydrogens is 354 g/mol. The van der Waals surface area contributed by atoms with Gasteiger partial charge in [-0.25, -0.2) is 4.98 Å². The van der Waals surface area contributed by atoms with Crippen molar-refractivity contribution in [2.45, 2.75) is 6.54 Å². The molecule has 0 fully saturated rings. The van der Waals surface area contributed by atoms with E-state index in [4.69, 9.17) is 0 Å². The molecule has 2 aromatic heterocycles. The van der Waals surface area contributed by atoms with Gasteiger partial charge in [0, 0.05) is 31.7 Å². The maximum atomic E-state index is 12.5. The molecule has 0 aliphatic heterocycles. The molecular formula is C21H21N5O2. The summed E-state index contributed by atoms with van der Waals surface area (Å²) in [5.41, 5.74) is 2.77. The average molecular weight is 375 g/mol. The van der Waals surface area contributed by atoms with Crippen LogP contribution in [0.5, 0.6) is 0 Å². The van der Waals surface area contributed by atoms with Gasteiger partial charge in [0.1, 0.15) is 11.4 Å². The fraction of sp³-hybridized carbons (Fsp3) is 0.143. The highest BCUT2D eigenvalue weighted by Crippen LogP contribution is 2.16. The van der Waals surface area contributed by atoms with Crippen molar-refractivity contribution < 1.29 is 9.59 Å². The molecule has 28 heavy (non-hydrogen) atoms. The molecule has 7 nitrogen and oxygen atoms in total. The Morgan fingerprint density at radius 2 is 1.61 bits per heavy atom. The number of anilines is 2. The van der Waals surface area contributed by atoms with E-state index in [2.05, 4.69) is 20.6 Å². The summed E-state index contributed by atoms with van der Waals surface area (Å²) < 4.78 is 0. The number of carbonyl (C=O) groups is 2. The van der Waals surface area contributed by atoms with Gasteiger partial charge in [0.25, 0.3) is 11.8 Å². The SMILES string of the molecule is CN(C)c1ccc(NC(=O)c2cccc(C(=O)NCc3ccccn3)n2)cc1. The van der Waals surface area contributed by atoms with E-state index < -0.39 is 0 Å². The third-order valence-corrected chi connectivity index (χ3v) is 4.01. The third kappa shape index (κ3) is 4.91. The van der Waals surface area contributed by atoms with Crippen molar-refractivity contribution in [3.8, 4) is 0 Å². The summed E-state index contributed by atoms with van der Waals surface area (Å²) in [5, 5.41) is 5.53. The number of hydrogen-bond donors (Lipinski definition) is 2. The number of benzene rings is 1. The predicted octanol–water partition coefficient (Wildman–Crippen LogP) is 2.72. The average Bonchev–Trinajstić information content (AvgIpc) is 2.73. The first kappa shape index (κ1) is 19.0. The van der Waals surface area contributed by atoms with Crippen molar-refractivity contribution >= 4 is 23.2 Å². The van der Waals surface area contributed by atoms with Gasteiger partial charge in [-0.3, -0.25) is 14.6 Å². The van der Waals surface area contributed by atoms with Crippen LogP contribution < -0.4 is 15.5 Å². The minimum Gasteiger partial charge on any atom is -0.378 e. The molecule has 0 aliphatic carbocycles. The van der Waals surface area contributed by atoms with E-state index in [-0.39, 0.29) is 29.7 Å². The maximum absolute atomic E-state index is 12.5. The second-order valence-electron chi connectivity index (χ2n) is 6.31. The molecule has 142 valence electrons. The van der Waals surface area contributed by atoms with Crippen LogP contribution in [0.15, 0.2) is 66.9 Å². The van der Waals surface area contributed by atoms with E-state index in [1.165, 1.54) is 0 Å². The van der Waals surface area contributed by atoms with Crippen LogP contribution in [-0.4, -0.2) is 35.9 Å². The summed E-state index contributed by atoms with van der Waals surface area (Å²) in [7, 11) is 3.89. The zero-order chi connectivity index (χ0) is 19.9. The number of aromatic nitrogens is 2. The summed E-state index contributed by atoms with van der Waals surface area (Å²) in [6, 6.07) is 17.7. The fourth-order valence-corrected chi connectivity index (χ4v) is 2.49. The normalized spacial score (nSPS) is 10.2. The second kappa shape index (κ2) is 8.77. The molecule has 0 atom stereocenters. The van der Waals surface area contributed by atoms with E-state index in [0.29, 0.717) is 5.69 Å². The second-order valence-corrected chi connectivity index (χ2v) is 6.31. The Kier molecular flexibility index (Phi) is 5.96. The van der Waals surface area contributed by atoms with E-state index in [1.807, 2.05) is 61.5 Å². The van der Waals surface area contributed by atoms with Crippen LogP contribution in [0, 0.1) is 0 Å². The highest BCUT2D eigenvalue weighted by molar-refractivity contribution is 6.03. The predicted molar refractivity (Wildman–Crippen MR) is 108 cm³/mol. The molecule has 1 aromatic carbocycles. The minimum absolute atomic E-state index is 0.169. The smallest absolute Gasteiger partial charge is 0.274 e. The van der Waals surface area contributed by atoms with Crippen LogP contribution in [0.2, 0.25) is 0 Å². The Hall–Kier alpha value is -3.74. The van der Waals surface area contributed by atoms with Crippen molar-refractivity contribution in [1.82, 2.24) is 15.3 Å². The summed E-state index contributed by atoms with van der Waals surface area (Å²) in [6.45, 7) is 0.288. The van der Waals surface area contributed by atoms with Gasteiger partial charge in [0.2, 0.25) is 0 Å². The Bertz CT molecular complexity index is 956. The van der Waals surface area contributed by atoms with Gasteiger partial charge < -0.3 is 15.5 Å². The lowest BCUT2D eigenvalue weighted by atomic mass is 10.2. The number of nitrogens with one attached hydrogen (secondary N) is 2. The molecule has 3 rings (SSSR count). The largest absolute Gasteiger partial charge is 0.378 e. The lowest BCUT2D eigenvalue weighted by Crippen LogP contribution is -2.25. The Labute approximate surface area is 163 Å². The molecule has 2 amide bonds. The molecule has 3 aromatic rings. The molecule has 2 heterocycles. The van der Waals surface area contributed by atoms with Crippen molar-refractivity contribution in [2.24, 2.45) is 0 Å². The molecule has 2 N–H and O–H groups in total. The number of rotatable bonds is 6. The number of amides is 2.